The van der Waals surface area contributed by atoms with E-state index in [9.17, 15) is 9.59 Å². The summed E-state index contributed by atoms with van der Waals surface area (Å²) in [5.74, 6) is 1.28. The summed E-state index contributed by atoms with van der Waals surface area (Å²) in [6.07, 6.45) is 6.13. The molecular weight excluding hydrogens is 336 g/mol. The van der Waals surface area contributed by atoms with E-state index in [-0.39, 0.29) is 11.9 Å². The van der Waals surface area contributed by atoms with Crippen LogP contribution in [0.3, 0.4) is 0 Å². The molecule has 1 fully saturated rings. The summed E-state index contributed by atoms with van der Waals surface area (Å²) in [6.45, 7) is 8.70. The molecule has 0 saturated carbocycles. The van der Waals surface area contributed by atoms with Gasteiger partial charge in [-0.05, 0) is 35.7 Å². The van der Waals surface area contributed by atoms with E-state index in [0.717, 1.165) is 22.9 Å². The van der Waals surface area contributed by atoms with Gasteiger partial charge in [-0.3, -0.25) is 14.6 Å². The molecule has 7 heteroatoms. The fraction of sp³-hybridized carbons (Fsp3) is 0.667. The number of unbranched alkanes of at least 4 members (excludes halogenated alkanes) is 4. The lowest BCUT2D eigenvalue weighted by atomic mass is 10.1. The van der Waals surface area contributed by atoms with E-state index in [1.807, 2.05) is 11.5 Å². The second-order valence-electron chi connectivity index (χ2n) is 6.74. The molecule has 0 bridgehead atoms. The lowest BCUT2D eigenvalue weighted by Gasteiger charge is -2.30. The molecule has 1 atom stereocenters. The Morgan fingerprint density at radius 3 is 2.52 bits per heavy atom. The van der Waals surface area contributed by atoms with Crippen molar-refractivity contribution in [2.45, 2.75) is 52.0 Å². The van der Waals surface area contributed by atoms with Crippen LogP contribution in [0.1, 0.15) is 46.0 Å². The molecular formula is C18H29N4O2S+. The minimum Gasteiger partial charge on any atom is -0.269 e. The Hall–Kier alpha value is -1.63. The lowest BCUT2D eigenvalue weighted by molar-refractivity contribution is -0.524. The van der Waals surface area contributed by atoms with Crippen molar-refractivity contribution >= 4 is 34.7 Å². The molecule has 0 radical (unpaired) electrons. The Bertz CT molecular complexity index is 627. The van der Waals surface area contributed by atoms with Crippen molar-refractivity contribution in [3.63, 3.8) is 0 Å². The van der Waals surface area contributed by atoms with E-state index in [4.69, 9.17) is 0 Å². The highest BCUT2D eigenvalue weighted by atomic mass is 32.2. The fourth-order valence-electron chi connectivity index (χ4n) is 3.01. The minimum absolute atomic E-state index is 0.221. The first-order chi connectivity index (χ1) is 11.9. The third kappa shape index (κ3) is 4.32. The van der Waals surface area contributed by atoms with E-state index >= 15 is 0 Å². The fourth-order valence-corrected chi connectivity index (χ4v) is 4.03. The Labute approximate surface area is 154 Å². The van der Waals surface area contributed by atoms with Gasteiger partial charge in [0.15, 0.2) is 0 Å². The van der Waals surface area contributed by atoms with Crippen molar-refractivity contribution in [2.75, 3.05) is 26.4 Å². The maximum absolute atomic E-state index is 12.7. The number of rotatable bonds is 8. The highest BCUT2D eigenvalue weighted by Crippen LogP contribution is 2.24. The van der Waals surface area contributed by atoms with Crippen LogP contribution in [0.25, 0.3) is 0 Å². The third-order valence-electron chi connectivity index (χ3n) is 4.41. The number of aliphatic imine (C=N–C) groups is 1. The van der Waals surface area contributed by atoms with Crippen molar-refractivity contribution < 1.29 is 14.2 Å². The normalized spacial score (nSPS) is 20.3. The molecule has 2 rings (SSSR count). The maximum Gasteiger partial charge on any atom is 0.358 e. The second-order valence-corrected chi connectivity index (χ2v) is 7.80. The first-order valence-corrected chi connectivity index (χ1v) is 9.91. The van der Waals surface area contributed by atoms with Gasteiger partial charge >= 0.3 is 11.2 Å². The Morgan fingerprint density at radius 1 is 1.20 bits per heavy atom. The van der Waals surface area contributed by atoms with Gasteiger partial charge in [0.25, 0.3) is 17.8 Å². The van der Waals surface area contributed by atoms with Crippen LogP contribution in [0.2, 0.25) is 0 Å². The number of urea groups is 1. The summed E-state index contributed by atoms with van der Waals surface area (Å²) >= 11 is 1.67. The van der Waals surface area contributed by atoms with Crippen molar-refractivity contribution in [3.8, 4) is 0 Å². The molecule has 138 valence electrons. The van der Waals surface area contributed by atoms with Gasteiger partial charge in [0.05, 0.1) is 0 Å². The predicted octanol–water partition coefficient (Wildman–Crippen LogP) is 2.94. The number of carbonyl (C=O) groups excluding carboxylic acids is 2. The molecule has 0 N–H and O–H groups in total. The van der Waals surface area contributed by atoms with Gasteiger partial charge in [0, 0.05) is 19.8 Å². The number of fused-ring (bicyclic) bond motifs is 1. The van der Waals surface area contributed by atoms with E-state index in [0.29, 0.717) is 12.4 Å². The first-order valence-electron chi connectivity index (χ1n) is 8.93. The average molecular weight is 366 g/mol. The Morgan fingerprint density at radius 2 is 1.88 bits per heavy atom. The summed E-state index contributed by atoms with van der Waals surface area (Å²) < 4.78 is 1.98. The van der Waals surface area contributed by atoms with Crippen LogP contribution in [0.4, 0.5) is 4.79 Å². The van der Waals surface area contributed by atoms with Gasteiger partial charge in [-0.2, -0.15) is 0 Å². The van der Waals surface area contributed by atoms with E-state index in [2.05, 4.69) is 18.5 Å². The molecule has 2 aliphatic rings. The number of hydrogen-bond donors (Lipinski definition) is 0. The van der Waals surface area contributed by atoms with Gasteiger partial charge in [-0.25, -0.2) is 9.37 Å². The second kappa shape index (κ2) is 8.65. The summed E-state index contributed by atoms with van der Waals surface area (Å²) in [7, 11) is 3.20. The standard InChI is InChI=1S/C18H29N4O2S/c1-6-7-8-9-10-11-25-17-19-15-14(22(17)12-13(2)3)16(23)21(5)18(24)20(15)4/h14H,2,6-12H2,1,3-5H3/q+1. The number of carbonyl (C=O) groups is 2. The van der Waals surface area contributed by atoms with Crippen LogP contribution in [-0.4, -0.2) is 69.8 Å². The highest BCUT2D eigenvalue weighted by molar-refractivity contribution is 8.13. The molecule has 0 spiro atoms. The van der Waals surface area contributed by atoms with E-state index < -0.39 is 6.04 Å². The summed E-state index contributed by atoms with van der Waals surface area (Å²) in [5, 5.41) is 0.821. The number of hydrogen-bond acceptors (Lipinski definition) is 4. The monoisotopic (exact) mass is 365 g/mol. The van der Waals surface area contributed by atoms with Crippen LogP contribution in [0.15, 0.2) is 17.1 Å². The molecule has 25 heavy (non-hydrogen) atoms. The minimum atomic E-state index is -0.521. The van der Waals surface area contributed by atoms with Gasteiger partial charge in [0.1, 0.15) is 6.54 Å². The van der Waals surface area contributed by atoms with Gasteiger partial charge in [-0.1, -0.05) is 39.2 Å². The molecule has 0 aromatic heterocycles. The topological polar surface area (TPSA) is 56.0 Å². The summed E-state index contributed by atoms with van der Waals surface area (Å²) in [6, 6.07) is -0.854. The Kier molecular flexibility index (Phi) is 6.81. The van der Waals surface area contributed by atoms with Crippen molar-refractivity contribution in [3.05, 3.63) is 12.2 Å². The van der Waals surface area contributed by atoms with Crippen molar-refractivity contribution in [2.24, 2.45) is 4.99 Å². The number of imide groups is 1. The zero-order valence-electron chi connectivity index (χ0n) is 15.7. The molecule has 1 saturated heterocycles. The van der Waals surface area contributed by atoms with Gasteiger partial charge in [-0.15, -0.1) is 0 Å². The zero-order valence-corrected chi connectivity index (χ0v) is 16.6. The molecule has 0 aromatic carbocycles. The number of nitrogens with zero attached hydrogens (tertiary/aromatic N) is 4. The van der Waals surface area contributed by atoms with Crippen LogP contribution >= 0.6 is 11.8 Å². The smallest absolute Gasteiger partial charge is 0.269 e. The number of likely N-dealkylation sites (N-methyl/N-ethyl adjacent to an activating group) is 2. The summed E-state index contributed by atoms with van der Waals surface area (Å²) in [5.41, 5.74) is 0.965. The quantitative estimate of drug-likeness (QED) is 0.377. The Balaban J connectivity index is 2.14. The first kappa shape index (κ1) is 19.7. The van der Waals surface area contributed by atoms with Crippen LogP contribution in [-0.2, 0) is 4.79 Å². The molecule has 2 heterocycles. The number of thioether (sulfide) groups is 1. The molecule has 2 aliphatic heterocycles. The lowest BCUT2D eigenvalue weighted by Crippen LogP contribution is -2.61. The number of amidine groups is 2. The molecule has 1 unspecified atom stereocenters. The summed E-state index contributed by atoms with van der Waals surface area (Å²) in [4.78, 5) is 32.1. The molecule has 0 aliphatic carbocycles. The largest absolute Gasteiger partial charge is 0.358 e. The van der Waals surface area contributed by atoms with Crippen LogP contribution in [0, 0.1) is 0 Å². The number of amides is 3. The van der Waals surface area contributed by atoms with E-state index in [1.165, 1.54) is 42.5 Å². The van der Waals surface area contributed by atoms with E-state index in [1.54, 1.807) is 18.8 Å². The van der Waals surface area contributed by atoms with Crippen LogP contribution < -0.4 is 0 Å². The molecule has 3 amide bonds. The van der Waals surface area contributed by atoms with Crippen molar-refractivity contribution in [1.82, 2.24) is 9.80 Å². The van der Waals surface area contributed by atoms with Crippen LogP contribution in [0.5, 0.6) is 0 Å². The van der Waals surface area contributed by atoms with Gasteiger partial charge in [0.2, 0.25) is 0 Å². The molecule has 6 nitrogen and oxygen atoms in total. The average Bonchev–Trinajstić information content (AvgIpc) is 2.92. The maximum atomic E-state index is 12.7. The van der Waals surface area contributed by atoms with Gasteiger partial charge < -0.3 is 0 Å². The predicted molar refractivity (Wildman–Crippen MR) is 103 cm³/mol. The zero-order chi connectivity index (χ0) is 18.6. The third-order valence-corrected chi connectivity index (χ3v) is 5.49. The highest BCUT2D eigenvalue weighted by Gasteiger charge is 2.53. The molecule has 0 aromatic rings. The SMILES string of the molecule is C=C(C)C[N+]1=C(SCCCCCCC)N=C2C1C(=O)N(C)C(=O)N2C. The van der Waals surface area contributed by atoms with Crippen molar-refractivity contribution in [1.29, 1.82) is 0 Å².